The van der Waals surface area contributed by atoms with E-state index in [-0.39, 0.29) is 15.7 Å². The number of thioether (sulfide) groups is 1. The number of nitrogens with one attached hydrogen (secondary N) is 1. The summed E-state index contributed by atoms with van der Waals surface area (Å²) < 4.78 is 0. The average Bonchev–Trinajstić information content (AvgIpc) is 3.17. The van der Waals surface area contributed by atoms with Crippen LogP contribution in [-0.4, -0.2) is 31.2 Å². The molecule has 0 fully saturated rings. The van der Waals surface area contributed by atoms with Crippen LogP contribution in [0.25, 0.3) is 6.08 Å². The maximum absolute atomic E-state index is 11.8. The Morgan fingerprint density at radius 3 is 2.63 bits per heavy atom. The van der Waals surface area contributed by atoms with Gasteiger partial charge in [0.15, 0.2) is 0 Å². The standard InChI is InChI=1S/C19H15ClN4O4S2/c1-2-17-21-19(23-22-17)30-16(18(25)26)10-11-9-13(24(27)28)5-8-15(11)29-14-6-3-12(20)4-7-14/h3-10H,2H2,1H3,(H,25,26)(H,21,22,23)/b16-10+. The third kappa shape index (κ3) is 5.62. The van der Waals surface area contributed by atoms with Crippen LogP contribution >= 0.6 is 35.1 Å². The van der Waals surface area contributed by atoms with E-state index in [1.54, 1.807) is 18.2 Å². The molecule has 0 aliphatic heterocycles. The predicted molar refractivity (Wildman–Crippen MR) is 116 cm³/mol. The number of aromatic nitrogens is 3. The molecule has 0 aliphatic carbocycles. The monoisotopic (exact) mass is 462 g/mol. The Balaban J connectivity index is 2.00. The van der Waals surface area contributed by atoms with Gasteiger partial charge in [0, 0.05) is 33.4 Å². The Morgan fingerprint density at radius 2 is 2.03 bits per heavy atom. The van der Waals surface area contributed by atoms with Crippen molar-refractivity contribution in [1.29, 1.82) is 0 Å². The largest absolute Gasteiger partial charge is 0.477 e. The number of carboxylic acids is 1. The van der Waals surface area contributed by atoms with Crippen molar-refractivity contribution in [2.75, 3.05) is 0 Å². The summed E-state index contributed by atoms with van der Waals surface area (Å²) in [4.78, 5) is 28.2. The summed E-state index contributed by atoms with van der Waals surface area (Å²) in [5.74, 6) is -0.548. The lowest BCUT2D eigenvalue weighted by Gasteiger charge is -2.08. The van der Waals surface area contributed by atoms with E-state index in [2.05, 4.69) is 15.2 Å². The van der Waals surface area contributed by atoms with E-state index in [0.29, 0.717) is 27.7 Å². The minimum absolute atomic E-state index is 0.0601. The van der Waals surface area contributed by atoms with Crippen LogP contribution in [0.1, 0.15) is 18.3 Å². The van der Waals surface area contributed by atoms with Gasteiger partial charge in [-0.3, -0.25) is 15.2 Å². The van der Waals surface area contributed by atoms with Crippen LogP contribution in [0.3, 0.4) is 0 Å². The molecule has 2 aromatic carbocycles. The number of hydrogen-bond donors (Lipinski definition) is 2. The van der Waals surface area contributed by atoms with E-state index < -0.39 is 10.9 Å². The minimum Gasteiger partial charge on any atom is -0.477 e. The molecule has 1 heterocycles. The number of aryl methyl sites for hydroxylation is 1. The Hall–Kier alpha value is -2.82. The van der Waals surface area contributed by atoms with Gasteiger partial charge in [0.05, 0.1) is 4.92 Å². The molecule has 0 radical (unpaired) electrons. The van der Waals surface area contributed by atoms with Crippen LogP contribution in [0.15, 0.2) is 62.3 Å². The van der Waals surface area contributed by atoms with Gasteiger partial charge in [-0.25, -0.2) is 9.78 Å². The minimum atomic E-state index is -1.18. The molecular weight excluding hydrogens is 448 g/mol. The first-order valence-corrected chi connectivity index (χ1v) is 10.6. The SMILES string of the molecule is CCc1nc(S/C(=C/c2cc([N+](=O)[O-])ccc2Sc2ccc(Cl)cc2)C(=O)O)n[nH]1. The van der Waals surface area contributed by atoms with Crippen LogP contribution in [0, 0.1) is 10.1 Å². The van der Waals surface area contributed by atoms with Crippen molar-refractivity contribution in [3.8, 4) is 0 Å². The molecule has 0 spiro atoms. The first-order chi connectivity index (χ1) is 14.4. The third-order valence-corrected chi connectivity index (χ3v) is 6.02. The summed E-state index contributed by atoms with van der Waals surface area (Å²) in [7, 11) is 0. The molecule has 3 aromatic rings. The van der Waals surface area contributed by atoms with Crippen LogP contribution in [0.5, 0.6) is 0 Å². The van der Waals surface area contributed by atoms with Gasteiger partial charge in [0.1, 0.15) is 10.7 Å². The molecule has 0 atom stereocenters. The smallest absolute Gasteiger partial charge is 0.342 e. The number of aliphatic carboxylic acids is 1. The molecule has 0 saturated carbocycles. The highest BCUT2D eigenvalue weighted by Crippen LogP contribution is 2.36. The number of benzene rings is 2. The Morgan fingerprint density at radius 1 is 1.30 bits per heavy atom. The second kappa shape index (κ2) is 9.79. The molecule has 0 unspecified atom stereocenters. The van der Waals surface area contributed by atoms with Gasteiger partial charge in [-0.15, -0.1) is 5.10 Å². The van der Waals surface area contributed by atoms with Crippen LogP contribution in [0.4, 0.5) is 5.69 Å². The summed E-state index contributed by atoms with van der Waals surface area (Å²) in [6, 6.07) is 11.4. The zero-order valence-electron chi connectivity index (χ0n) is 15.5. The summed E-state index contributed by atoms with van der Waals surface area (Å²) in [6.07, 6.45) is 2.02. The molecule has 2 N–H and O–H groups in total. The lowest BCUT2D eigenvalue weighted by atomic mass is 10.2. The fourth-order valence-corrected chi connectivity index (χ4v) is 4.08. The van der Waals surface area contributed by atoms with Crippen molar-refractivity contribution in [2.24, 2.45) is 0 Å². The van der Waals surface area contributed by atoms with E-state index in [1.807, 2.05) is 19.1 Å². The first kappa shape index (κ1) is 21.9. The fourth-order valence-electron chi connectivity index (χ4n) is 2.34. The Kier molecular flexibility index (Phi) is 7.14. The number of nitro benzene ring substituents is 1. The molecule has 154 valence electrons. The molecule has 30 heavy (non-hydrogen) atoms. The molecule has 3 rings (SSSR count). The number of hydrogen-bond acceptors (Lipinski definition) is 7. The maximum Gasteiger partial charge on any atom is 0.342 e. The highest BCUT2D eigenvalue weighted by atomic mass is 35.5. The van der Waals surface area contributed by atoms with Gasteiger partial charge in [0.2, 0.25) is 5.16 Å². The molecular formula is C19H15ClN4O4S2. The van der Waals surface area contributed by atoms with Crippen molar-refractivity contribution < 1.29 is 14.8 Å². The second-order valence-corrected chi connectivity index (χ2v) is 8.43. The number of H-pyrrole nitrogens is 1. The quantitative estimate of drug-likeness (QED) is 0.200. The van der Waals surface area contributed by atoms with Gasteiger partial charge in [-0.1, -0.05) is 30.3 Å². The van der Waals surface area contributed by atoms with Crippen LogP contribution in [-0.2, 0) is 11.2 Å². The zero-order valence-corrected chi connectivity index (χ0v) is 17.9. The van der Waals surface area contributed by atoms with Crippen molar-refractivity contribution >= 4 is 52.9 Å². The highest BCUT2D eigenvalue weighted by molar-refractivity contribution is 8.04. The molecule has 1 aromatic heterocycles. The van der Waals surface area contributed by atoms with Crippen molar-refractivity contribution in [3.63, 3.8) is 0 Å². The lowest BCUT2D eigenvalue weighted by Crippen LogP contribution is -1.98. The molecule has 8 nitrogen and oxygen atoms in total. The van der Waals surface area contributed by atoms with E-state index >= 15 is 0 Å². The van der Waals surface area contributed by atoms with Crippen molar-refractivity contribution in [2.45, 2.75) is 28.3 Å². The van der Waals surface area contributed by atoms with E-state index in [0.717, 1.165) is 16.7 Å². The number of aromatic amines is 1. The summed E-state index contributed by atoms with van der Waals surface area (Å²) in [6.45, 7) is 1.90. The van der Waals surface area contributed by atoms with Gasteiger partial charge in [0.25, 0.3) is 5.69 Å². The van der Waals surface area contributed by atoms with Crippen LogP contribution < -0.4 is 0 Å². The first-order valence-electron chi connectivity index (χ1n) is 8.61. The fraction of sp³-hybridized carbons (Fsp3) is 0.105. The van der Waals surface area contributed by atoms with Gasteiger partial charge in [-0.2, -0.15) is 0 Å². The van der Waals surface area contributed by atoms with E-state index in [9.17, 15) is 20.0 Å². The summed E-state index contributed by atoms with van der Waals surface area (Å²) >= 11 is 8.13. The number of halogens is 1. The van der Waals surface area contributed by atoms with Crippen molar-refractivity contribution in [3.05, 3.63) is 73.9 Å². The molecule has 0 saturated heterocycles. The van der Waals surface area contributed by atoms with Crippen molar-refractivity contribution in [1.82, 2.24) is 15.2 Å². The van der Waals surface area contributed by atoms with Gasteiger partial charge >= 0.3 is 5.97 Å². The molecule has 11 heteroatoms. The second-order valence-electron chi connectivity index (χ2n) is 5.87. The maximum atomic E-state index is 11.8. The highest BCUT2D eigenvalue weighted by Gasteiger charge is 2.17. The Labute approximate surface area is 184 Å². The number of non-ortho nitro benzene ring substituents is 1. The summed E-state index contributed by atoms with van der Waals surface area (Å²) in [5, 5.41) is 28.4. The normalized spacial score (nSPS) is 11.5. The number of carboxylic acid groups (broad SMARTS) is 1. The molecule has 0 bridgehead atoms. The van der Waals surface area contributed by atoms with E-state index in [4.69, 9.17) is 11.6 Å². The number of rotatable bonds is 8. The third-order valence-electron chi connectivity index (χ3n) is 3.79. The zero-order chi connectivity index (χ0) is 21.7. The molecule has 0 amide bonds. The topological polar surface area (TPSA) is 122 Å². The van der Waals surface area contributed by atoms with Crippen LogP contribution in [0.2, 0.25) is 5.02 Å². The van der Waals surface area contributed by atoms with E-state index in [1.165, 1.54) is 30.0 Å². The average molecular weight is 463 g/mol. The molecule has 0 aliphatic rings. The number of carbonyl (C=O) groups is 1. The summed E-state index contributed by atoms with van der Waals surface area (Å²) in [5.41, 5.74) is 0.267. The number of nitro groups is 1. The lowest BCUT2D eigenvalue weighted by molar-refractivity contribution is -0.384. The van der Waals surface area contributed by atoms with Gasteiger partial charge < -0.3 is 5.11 Å². The predicted octanol–water partition coefficient (Wildman–Crippen LogP) is 5.30. The van der Waals surface area contributed by atoms with Gasteiger partial charge in [-0.05, 0) is 53.7 Å². The Bertz CT molecular complexity index is 1120. The number of nitrogens with zero attached hydrogens (tertiary/aromatic N) is 3.